The molecule has 1 aromatic heterocycles. The van der Waals surface area contributed by atoms with Crippen LogP contribution in [0.1, 0.15) is 34.3 Å². The van der Waals surface area contributed by atoms with Gasteiger partial charge in [-0.2, -0.15) is 0 Å². The predicted octanol–water partition coefficient (Wildman–Crippen LogP) is 5.79. The Bertz CT molecular complexity index is 1490. The van der Waals surface area contributed by atoms with Crippen LogP contribution in [0.2, 0.25) is 0 Å². The number of carbonyl (C=O) groups excluding carboxylic acids is 1. The van der Waals surface area contributed by atoms with Gasteiger partial charge in [-0.3, -0.25) is 9.36 Å². The highest BCUT2D eigenvalue weighted by Gasteiger charge is 2.29. The normalized spacial score (nSPS) is 12.9. The Balaban J connectivity index is 1.51. The predicted molar refractivity (Wildman–Crippen MR) is 138 cm³/mol. The van der Waals surface area contributed by atoms with E-state index in [0.29, 0.717) is 34.0 Å². The van der Waals surface area contributed by atoms with Gasteiger partial charge in [0.1, 0.15) is 23.2 Å². The molecule has 1 aliphatic rings. The zero-order valence-corrected chi connectivity index (χ0v) is 21.4. The highest BCUT2D eigenvalue weighted by Crippen LogP contribution is 2.29. The number of halogens is 3. The summed E-state index contributed by atoms with van der Waals surface area (Å²) < 4.78 is 36.2. The van der Waals surface area contributed by atoms with Crippen LogP contribution in [0.4, 0.5) is 13.6 Å². The molecule has 0 radical (unpaired) electrons. The van der Waals surface area contributed by atoms with Crippen molar-refractivity contribution in [3.63, 3.8) is 0 Å². The van der Waals surface area contributed by atoms with Gasteiger partial charge in [0.25, 0.3) is 5.56 Å². The molecule has 1 aliphatic heterocycles. The van der Waals surface area contributed by atoms with E-state index in [1.807, 2.05) is 0 Å². The lowest BCUT2D eigenvalue weighted by Crippen LogP contribution is -2.43. The first-order valence-electron chi connectivity index (χ1n) is 11.6. The van der Waals surface area contributed by atoms with Gasteiger partial charge >= 0.3 is 6.09 Å². The van der Waals surface area contributed by atoms with Crippen molar-refractivity contribution in [1.29, 1.82) is 0 Å². The molecule has 4 aromatic rings. The van der Waals surface area contributed by atoms with Crippen LogP contribution in [0, 0.1) is 18.6 Å². The molecule has 0 spiro atoms. The molecule has 0 N–H and O–H groups in total. The molecule has 9 heteroatoms. The zero-order chi connectivity index (χ0) is 26.1. The smallest absolute Gasteiger partial charge is 0.410 e. The molecule has 5 rings (SSSR count). The van der Waals surface area contributed by atoms with Gasteiger partial charge in [-0.05, 0) is 73.0 Å². The average molecular weight is 566 g/mol. The molecule has 0 saturated carbocycles. The maximum atomic E-state index is 14.2. The third-order valence-electron chi connectivity index (χ3n) is 6.31. The highest BCUT2D eigenvalue weighted by molar-refractivity contribution is 9.10. The van der Waals surface area contributed by atoms with Gasteiger partial charge in [-0.1, -0.05) is 40.2 Å². The van der Waals surface area contributed by atoms with E-state index < -0.39 is 23.8 Å². The van der Waals surface area contributed by atoms with Crippen LogP contribution in [0.15, 0.2) is 82.1 Å². The Kier molecular flexibility index (Phi) is 6.88. The quantitative estimate of drug-likeness (QED) is 0.314. The standard InChI is InChI=1S/C28H22BrF2N3O3/c1-17-32-25-16-33(28(36)37-23-10-8-20(29)9-11-23)13-12-24(25)27(35)34(17)26(18-4-2-6-21(30)14-18)19-5-3-7-22(31)15-19/h2-11,14-15,26H,12-13,16H2,1H3. The number of hydrogen-bond acceptors (Lipinski definition) is 4. The number of aryl methyl sites for hydroxylation is 1. The fraction of sp³-hybridized carbons (Fsp3) is 0.179. The van der Waals surface area contributed by atoms with Crippen LogP contribution in [0.25, 0.3) is 0 Å². The van der Waals surface area contributed by atoms with E-state index in [1.54, 1.807) is 55.5 Å². The minimum absolute atomic E-state index is 0.117. The van der Waals surface area contributed by atoms with Crippen molar-refractivity contribution in [2.45, 2.75) is 25.9 Å². The largest absolute Gasteiger partial charge is 0.415 e. The molecule has 0 saturated heterocycles. The lowest BCUT2D eigenvalue weighted by Gasteiger charge is -2.30. The lowest BCUT2D eigenvalue weighted by molar-refractivity contribution is 0.145. The number of hydrogen-bond donors (Lipinski definition) is 0. The first-order chi connectivity index (χ1) is 17.8. The summed E-state index contributed by atoms with van der Waals surface area (Å²) in [6.45, 7) is 2.06. The van der Waals surface area contributed by atoms with Crippen molar-refractivity contribution in [3.8, 4) is 5.75 Å². The number of nitrogens with zero attached hydrogens (tertiary/aromatic N) is 3. The van der Waals surface area contributed by atoms with Gasteiger partial charge in [0.15, 0.2) is 0 Å². The first kappa shape index (κ1) is 24.8. The fourth-order valence-electron chi connectivity index (χ4n) is 4.59. The van der Waals surface area contributed by atoms with Crippen molar-refractivity contribution in [3.05, 3.63) is 127 Å². The van der Waals surface area contributed by atoms with Crippen molar-refractivity contribution in [2.24, 2.45) is 0 Å². The minimum atomic E-state index is -0.780. The second-order valence-corrected chi connectivity index (χ2v) is 9.68. The number of carbonyl (C=O) groups is 1. The Morgan fingerprint density at radius 3 is 2.22 bits per heavy atom. The zero-order valence-electron chi connectivity index (χ0n) is 19.8. The van der Waals surface area contributed by atoms with E-state index in [-0.39, 0.29) is 25.1 Å². The van der Waals surface area contributed by atoms with E-state index in [4.69, 9.17) is 4.74 Å². The number of amides is 1. The summed E-state index contributed by atoms with van der Waals surface area (Å²) in [6, 6.07) is 17.9. The molecular weight excluding hydrogens is 544 g/mol. The second kappa shape index (κ2) is 10.3. The summed E-state index contributed by atoms with van der Waals surface area (Å²) in [7, 11) is 0. The molecule has 6 nitrogen and oxygen atoms in total. The molecule has 188 valence electrons. The summed E-state index contributed by atoms with van der Waals surface area (Å²) in [4.78, 5) is 32.7. The van der Waals surface area contributed by atoms with Crippen LogP contribution < -0.4 is 10.3 Å². The first-order valence-corrected chi connectivity index (χ1v) is 12.4. The monoisotopic (exact) mass is 565 g/mol. The summed E-state index contributed by atoms with van der Waals surface area (Å²) in [5, 5.41) is 0. The van der Waals surface area contributed by atoms with E-state index in [9.17, 15) is 18.4 Å². The molecule has 1 amide bonds. The summed E-state index contributed by atoms with van der Waals surface area (Å²) in [6.07, 6.45) is -0.260. The van der Waals surface area contributed by atoms with E-state index in [2.05, 4.69) is 20.9 Å². The van der Waals surface area contributed by atoms with Gasteiger partial charge in [0.05, 0.1) is 18.3 Å². The van der Waals surface area contributed by atoms with Gasteiger partial charge in [-0.15, -0.1) is 0 Å². The number of ether oxygens (including phenoxy) is 1. The lowest BCUT2D eigenvalue weighted by atomic mass is 9.97. The Labute approximate surface area is 220 Å². The van der Waals surface area contributed by atoms with E-state index >= 15 is 0 Å². The third-order valence-corrected chi connectivity index (χ3v) is 6.84. The summed E-state index contributed by atoms with van der Waals surface area (Å²) in [5.41, 5.74) is 1.63. The molecule has 0 fully saturated rings. The van der Waals surface area contributed by atoms with E-state index in [0.717, 1.165) is 4.47 Å². The van der Waals surface area contributed by atoms with Crippen LogP contribution in [-0.4, -0.2) is 27.1 Å². The van der Waals surface area contributed by atoms with E-state index in [1.165, 1.54) is 33.7 Å². The average Bonchev–Trinajstić information content (AvgIpc) is 2.87. The molecule has 0 unspecified atom stereocenters. The van der Waals surface area contributed by atoms with Gasteiger partial charge < -0.3 is 9.64 Å². The van der Waals surface area contributed by atoms with Crippen molar-refractivity contribution < 1.29 is 18.3 Å². The van der Waals surface area contributed by atoms with Gasteiger partial charge in [0, 0.05) is 16.6 Å². The van der Waals surface area contributed by atoms with Crippen molar-refractivity contribution in [1.82, 2.24) is 14.5 Å². The Morgan fingerprint density at radius 1 is 1.00 bits per heavy atom. The maximum absolute atomic E-state index is 14.2. The SMILES string of the molecule is Cc1nc2c(c(=O)n1C(c1cccc(F)c1)c1cccc(F)c1)CCN(C(=O)Oc1ccc(Br)cc1)C2. The van der Waals surface area contributed by atoms with Crippen molar-refractivity contribution >= 4 is 22.0 Å². The van der Waals surface area contributed by atoms with Crippen LogP contribution in [-0.2, 0) is 13.0 Å². The van der Waals surface area contributed by atoms with Crippen molar-refractivity contribution in [2.75, 3.05) is 6.54 Å². The minimum Gasteiger partial charge on any atom is -0.410 e. The summed E-state index contributed by atoms with van der Waals surface area (Å²) in [5.74, 6) is -0.150. The Morgan fingerprint density at radius 2 is 1.62 bits per heavy atom. The number of rotatable bonds is 4. The number of fused-ring (bicyclic) bond motifs is 1. The topological polar surface area (TPSA) is 64.4 Å². The number of benzene rings is 3. The second-order valence-electron chi connectivity index (χ2n) is 8.77. The molecule has 0 aliphatic carbocycles. The molecule has 2 heterocycles. The highest BCUT2D eigenvalue weighted by atomic mass is 79.9. The Hall–Kier alpha value is -3.85. The van der Waals surface area contributed by atoms with Crippen LogP contribution in [0.3, 0.4) is 0 Å². The maximum Gasteiger partial charge on any atom is 0.415 e. The van der Waals surface area contributed by atoms with Gasteiger partial charge in [0.2, 0.25) is 0 Å². The number of aromatic nitrogens is 2. The van der Waals surface area contributed by atoms with Gasteiger partial charge in [-0.25, -0.2) is 18.6 Å². The fourth-order valence-corrected chi connectivity index (χ4v) is 4.86. The van der Waals surface area contributed by atoms with Crippen LogP contribution >= 0.6 is 15.9 Å². The molecule has 37 heavy (non-hydrogen) atoms. The van der Waals surface area contributed by atoms with Crippen LogP contribution in [0.5, 0.6) is 5.75 Å². The summed E-state index contributed by atoms with van der Waals surface area (Å²) >= 11 is 3.34. The third kappa shape index (κ3) is 5.17. The molecule has 0 atom stereocenters. The molecular formula is C28H22BrF2N3O3. The molecule has 0 bridgehead atoms. The molecule has 3 aromatic carbocycles.